The van der Waals surface area contributed by atoms with E-state index in [1.54, 1.807) is 18.2 Å². The fourth-order valence-corrected chi connectivity index (χ4v) is 4.14. The van der Waals surface area contributed by atoms with Gasteiger partial charge in [-0.05, 0) is 61.9 Å². The van der Waals surface area contributed by atoms with Gasteiger partial charge in [0.1, 0.15) is 5.82 Å². The largest absolute Gasteiger partial charge is 0.372 e. The second kappa shape index (κ2) is 8.01. The van der Waals surface area contributed by atoms with Crippen LogP contribution >= 0.6 is 24.0 Å². The van der Waals surface area contributed by atoms with Crippen LogP contribution in [0.5, 0.6) is 0 Å². The molecule has 26 heavy (non-hydrogen) atoms. The summed E-state index contributed by atoms with van der Waals surface area (Å²) in [4.78, 5) is 17.0. The van der Waals surface area contributed by atoms with Gasteiger partial charge in [0.05, 0.1) is 10.6 Å². The van der Waals surface area contributed by atoms with Gasteiger partial charge < -0.3 is 4.90 Å². The number of benzene rings is 2. The molecule has 1 aliphatic heterocycles. The number of carbonyl (C=O) groups is 1. The van der Waals surface area contributed by atoms with Crippen LogP contribution in [0.3, 0.4) is 0 Å². The third kappa shape index (κ3) is 3.81. The third-order valence-electron chi connectivity index (χ3n) is 4.18. The van der Waals surface area contributed by atoms with Gasteiger partial charge in [-0.15, -0.1) is 0 Å². The summed E-state index contributed by atoms with van der Waals surface area (Å²) in [7, 11) is 0. The number of nitrogens with zero attached hydrogens (tertiary/aromatic N) is 2. The average molecular weight is 387 g/mol. The minimum Gasteiger partial charge on any atom is -0.372 e. The van der Waals surface area contributed by atoms with E-state index in [2.05, 4.69) is 18.7 Å². The van der Waals surface area contributed by atoms with Crippen molar-refractivity contribution in [3.05, 3.63) is 64.8 Å². The average Bonchev–Trinajstić information content (AvgIpc) is 2.90. The van der Waals surface area contributed by atoms with Gasteiger partial charge in [-0.25, -0.2) is 4.39 Å². The maximum Gasteiger partial charge on any atom is 0.270 e. The Morgan fingerprint density at radius 1 is 1.15 bits per heavy atom. The van der Waals surface area contributed by atoms with Crippen molar-refractivity contribution < 1.29 is 9.18 Å². The molecule has 1 fully saturated rings. The van der Waals surface area contributed by atoms with E-state index in [-0.39, 0.29) is 11.7 Å². The highest BCUT2D eigenvalue weighted by Crippen LogP contribution is 2.36. The minimum absolute atomic E-state index is 0.181. The fourth-order valence-electron chi connectivity index (χ4n) is 2.84. The van der Waals surface area contributed by atoms with Crippen molar-refractivity contribution in [2.24, 2.45) is 0 Å². The fraction of sp³-hybridized carbons (Fsp3) is 0.200. The standard InChI is InChI=1S/C20H19FN2OS2/c1-3-22(4-2)16-8-10-17(11-9-16)23-19(24)18(26-20(23)25)13-14-6-5-7-15(21)12-14/h5-13H,3-4H2,1-2H3/b18-13-. The normalized spacial score (nSPS) is 15.8. The molecule has 0 bridgehead atoms. The van der Waals surface area contributed by atoms with Crippen molar-refractivity contribution in [2.75, 3.05) is 22.9 Å². The highest BCUT2D eigenvalue weighted by Gasteiger charge is 2.33. The summed E-state index contributed by atoms with van der Waals surface area (Å²) in [5, 5.41) is 0. The monoisotopic (exact) mass is 386 g/mol. The molecule has 0 atom stereocenters. The molecule has 2 aromatic rings. The first-order valence-electron chi connectivity index (χ1n) is 8.42. The summed E-state index contributed by atoms with van der Waals surface area (Å²) < 4.78 is 13.8. The Hall–Kier alpha value is -2.18. The molecule has 0 aromatic heterocycles. The summed E-state index contributed by atoms with van der Waals surface area (Å²) in [6, 6.07) is 14.0. The van der Waals surface area contributed by atoms with Gasteiger partial charge in [0, 0.05) is 18.8 Å². The Morgan fingerprint density at radius 3 is 2.46 bits per heavy atom. The first-order valence-corrected chi connectivity index (χ1v) is 9.64. The zero-order chi connectivity index (χ0) is 18.7. The first kappa shape index (κ1) is 18.6. The zero-order valence-corrected chi connectivity index (χ0v) is 16.2. The van der Waals surface area contributed by atoms with Gasteiger partial charge in [0.25, 0.3) is 5.91 Å². The summed E-state index contributed by atoms with van der Waals surface area (Å²) in [6.45, 7) is 6.06. The SMILES string of the molecule is CCN(CC)c1ccc(N2C(=O)/C(=C/c3cccc(F)c3)SC2=S)cc1. The Kier molecular flexibility index (Phi) is 5.74. The maximum absolute atomic E-state index is 13.4. The molecule has 2 aromatic carbocycles. The molecule has 0 aliphatic carbocycles. The number of halogens is 1. The minimum atomic E-state index is -0.332. The predicted octanol–water partition coefficient (Wildman–Crippen LogP) is 5.08. The van der Waals surface area contributed by atoms with Crippen LogP contribution in [-0.2, 0) is 4.79 Å². The maximum atomic E-state index is 13.4. The number of rotatable bonds is 5. The van der Waals surface area contributed by atoms with E-state index in [0.717, 1.165) is 24.5 Å². The Labute approximate surface area is 162 Å². The first-order chi connectivity index (χ1) is 12.5. The number of anilines is 2. The number of thioether (sulfide) groups is 1. The van der Waals surface area contributed by atoms with Crippen molar-refractivity contribution in [1.82, 2.24) is 0 Å². The van der Waals surface area contributed by atoms with Crippen LogP contribution in [0, 0.1) is 5.82 Å². The van der Waals surface area contributed by atoms with Crippen LogP contribution in [0.25, 0.3) is 6.08 Å². The quantitative estimate of drug-likeness (QED) is 0.528. The molecule has 0 spiro atoms. The van der Waals surface area contributed by atoms with Crippen LogP contribution < -0.4 is 9.80 Å². The molecule has 1 saturated heterocycles. The van der Waals surface area contributed by atoms with E-state index in [1.807, 2.05) is 24.3 Å². The van der Waals surface area contributed by atoms with E-state index in [1.165, 1.54) is 28.8 Å². The molecule has 0 unspecified atom stereocenters. The summed E-state index contributed by atoms with van der Waals surface area (Å²) >= 11 is 6.62. The number of amides is 1. The molecular formula is C20H19FN2OS2. The molecule has 0 saturated carbocycles. The topological polar surface area (TPSA) is 23.6 Å². The molecule has 0 N–H and O–H groups in total. The predicted molar refractivity (Wildman–Crippen MR) is 112 cm³/mol. The van der Waals surface area contributed by atoms with Crippen molar-refractivity contribution in [3.8, 4) is 0 Å². The highest BCUT2D eigenvalue weighted by molar-refractivity contribution is 8.27. The van der Waals surface area contributed by atoms with Gasteiger partial charge in [-0.2, -0.15) is 0 Å². The van der Waals surface area contributed by atoms with Crippen LogP contribution in [0.15, 0.2) is 53.4 Å². The van der Waals surface area contributed by atoms with Gasteiger partial charge >= 0.3 is 0 Å². The molecule has 1 heterocycles. The van der Waals surface area contributed by atoms with Crippen LogP contribution in [0.1, 0.15) is 19.4 Å². The summed E-state index contributed by atoms with van der Waals surface area (Å²) in [5.74, 6) is -0.513. The molecule has 0 radical (unpaired) electrons. The van der Waals surface area contributed by atoms with Gasteiger partial charge in [0.2, 0.25) is 0 Å². The molecule has 6 heteroatoms. The van der Waals surface area contributed by atoms with E-state index < -0.39 is 0 Å². The van der Waals surface area contributed by atoms with E-state index in [4.69, 9.17) is 12.2 Å². The van der Waals surface area contributed by atoms with Crippen LogP contribution in [0.4, 0.5) is 15.8 Å². The van der Waals surface area contributed by atoms with Gasteiger partial charge in [-0.1, -0.05) is 36.1 Å². The second-order valence-corrected chi connectivity index (χ2v) is 7.44. The van der Waals surface area contributed by atoms with Crippen molar-refractivity contribution >= 4 is 51.7 Å². The van der Waals surface area contributed by atoms with Gasteiger partial charge in [-0.3, -0.25) is 9.69 Å². The highest BCUT2D eigenvalue weighted by atomic mass is 32.2. The summed E-state index contributed by atoms with van der Waals surface area (Å²) in [6.07, 6.45) is 1.67. The number of hydrogen-bond acceptors (Lipinski definition) is 4. The van der Waals surface area contributed by atoms with E-state index in [0.29, 0.717) is 14.8 Å². The number of hydrogen-bond donors (Lipinski definition) is 0. The molecule has 134 valence electrons. The molecule has 1 aliphatic rings. The van der Waals surface area contributed by atoms with Gasteiger partial charge in [0.15, 0.2) is 4.32 Å². The van der Waals surface area contributed by atoms with Crippen molar-refractivity contribution in [1.29, 1.82) is 0 Å². The lowest BCUT2D eigenvalue weighted by Gasteiger charge is -2.22. The molecule has 3 rings (SSSR count). The zero-order valence-electron chi connectivity index (χ0n) is 14.6. The Bertz CT molecular complexity index is 860. The number of thiocarbonyl (C=S) groups is 1. The lowest BCUT2D eigenvalue weighted by molar-refractivity contribution is -0.113. The van der Waals surface area contributed by atoms with E-state index in [9.17, 15) is 9.18 Å². The van der Waals surface area contributed by atoms with Crippen molar-refractivity contribution in [3.63, 3.8) is 0 Å². The lowest BCUT2D eigenvalue weighted by atomic mass is 10.2. The van der Waals surface area contributed by atoms with Crippen LogP contribution in [-0.4, -0.2) is 23.3 Å². The Balaban J connectivity index is 1.85. The van der Waals surface area contributed by atoms with E-state index >= 15 is 0 Å². The van der Waals surface area contributed by atoms with Crippen molar-refractivity contribution in [2.45, 2.75) is 13.8 Å². The third-order valence-corrected chi connectivity index (χ3v) is 5.48. The Morgan fingerprint density at radius 2 is 1.85 bits per heavy atom. The number of carbonyl (C=O) groups excluding carboxylic acids is 1. The molecule has 3 nitrogen and oxygen atoms in total. The molecular weight excluding hydrogens is 367 g/mol. The summed E-state index contributed by atoms with van der Waals surface area (Å²) in [5.41, 5.74) is 2.49. The lowest BCUT2D eigenvalue weighted by Crippen LogP contribution is -2.27. The second-order valence-electron chi connectivity index (χ2n) is 5.76. The smallest absolute Gasteiger partial charge is 0.270 e. The molecule has 1 amide bonds. The van der Waals surface area contributed by atoms with Crippen LogP contribution in [0.2, 0.25) is 0 Å².